The second-order valence-corrected chi connectivity index (χ2v) is 8.98. The van der Waals surface area contributed by atoms with Crippen LogP contribution < -0.4 is 4.74 Å². The maximum absolute atomic E-state index is 12.8. The first-order valence-corrected chi connectivity index (χ1v) is 10.7. The number of carbonyl (C=O) groups is 1. The Morgan fingerprint density at radius 3 is 2.31 bits per heavy atom. The van der Waals surface area contributed by atoms with Gasteiger partial charge in [0.2, 0.25) is 0 Å². The fourth-order valence-electron chi connectivity index (χ4n) is 3.73. The summed E-state index contributed by atoms with van der Waals surface area (Å²) in [6.45, 7) is 12.9. The SMILES string of the molecule is CC(Oc1ccccc1)C(=O)N1CCCN(Cc2ccc(C(C)(C)C)cc2)CC1. The summed E-state index contributed by atoms with van der Waals surface area (Å²) in [5, 5.41) is 0. The van der Waals surface area contributed by atoms with E-state index in [9.17, 15) is 4.79 Å². The van der Waals surface area contributed by atoms with Crippen LogP contribution in [0.4, 0.5) is 0 Å². The minimum absolute atomic E-state index is 0.0743. The highest BCUT2D eigenvalue weighted by Gasteiger charge is 2.24. The van der Waals surface area contributed by atoms with E-state index in [0.717, 1.165) is 44.9 Å². The summed E-state index contributed by atoms with van der Waals surface area (Å²) < 4.78 is 5.83. The average molecular weight is 395 g/mol. The minimum Gasteiger partial charge on any atom is -0.481 e. The summed E-state index contributed by atoms with van der Waals surface area (Å²) in [4.78, 5) is 17.2. The molecule has 0 N–H and O–H groups in total. The zero-order valence-corrected chi connectivity index (χ0v) is 18.2. The van der Waals surface area contributed by atoms with Crippen LogP contribution in [-0.2, 0) is 16.8 Å². The Balaban J connectivity index is 1.52. The fraction of sp³-hybridized carbons (Fsp3) is 0.480. The van der Waals surface area contributed by atoms with Crippen molar-refractivity contribution in [3.63, 3.8) is 0 Å². The first-order chi connectivity index (χ1) is 13.8. The van der Waals surface area contributed by atoms with E-state index in [1.54, 1.807) is 0 Å². The van der Waals surface area contributed by atoms with Gasteiger partial charge in [-0.05, 0) is 42.0 Å². The van der Waals surface area contributed by atoms with Crippen molar-refractivity contribution < 1.29 is 9.53 Å². The van der Waals surface area contributed by atoms with Crippen LogP contribution >= 0.6 is 0 Å². The Bertz CT molecular complexity index is 781. The van der Waals surface area contributed by atoms with E-state index in [2.05, 4.69) is 49.9 Å². The van der Waals surface area contributed by atoms with Crippen molar-refractivity contribution in [3.8, 4) is 5.75 Å². The van der Waals surface area contributed by atoms with E-state index in [1.165, 1.54) is 11.1 Å². The molecule has 1 fully saturated rings. The van der Waals surface area contributed by atoms with Crippen LogP contribution in [0.3, 0.4) is 0 Å². The van der Waals surface area contributed by atoms with Crippen LogP contribution in [0, 0.1) is 0 Å². The zero-order valence-electron chi connectivity index (χ0n) is 18.2. The molecule has 0 aromatic heterocycles. The van der Waals surface area contributed by atoms with Crippen LogP contribution in [0.2, 0.25) is 0 Å². The summed E-state index contributed by atoms with van der Waals surface area (Å²) in [5.41, 5.74) is 2.88. The lowest BCUT2D eigenvalue weighted by Gasteiger charge is -2.25. The molecule has 0 saturated carbocycles. The van der Waals surface area contributed by atoms with Crippen molar-refractivity contribution in [1.29, 1.82) is 0 Å². The molecule has 29 heavy (non-hydrogen) atoms. The van der Waals surface area contributed by atoms with Crippen LogP contribution in [0.25, 0.3) is 0 Å². The number of hydrogen-bond donors (Lipinski definition) is 0. The predicted molar refractivity (Wildman–Crippen MR) is 118 cm³/mol. The Labute approximate surface area is 175 Å². The van der Waals surface area contributed by atoms with E-state index < -0.39 is 6.10 Å². The van der Waals surface area contributed by atoms with E-state index in [1.807, 2.05) is 42.2 Å². The van der Waals surface area contributed by atoms with Gasteiger partial charge in [-0.1, -0.05) is 63.2 Å². The second kappa shape index (κ2) is 9.45. The molecule has 2 aromatic carbocycles. The van der Waals surface area contributed by atoms with Gasteiger partial charge in [-0.15, -0.1) is 0 Å². The maximum atomic E-state index is 12.8. The van der Waals surface area contributed by atoms with Crippen LogP contribution in [-0.4, -0.2) is 48.0 Å². The number of nitrogens with zero attached hydrogens (tertiary/aromatic N) is 2. The van der Waals surface area contributed by atoms with Crippen LogP contribution in [0.1, 0.15) is 45.2 Å². The normalized spacial score (nSPS) is 16.9. The molecule has 1 saturated heterocycles. The van der Waals surface area contributed by atoms with Crippen molar-refractivity contribution in [2.75, 3.05) is 26.2 Å². The number of amides is 1. The highest BCUT2D eigenvalue weighted by Crippen LogP contribution is 2.22. The first-order valence-electron chi connectivity index (χ1n) is 10.7. The zero-order chi connectivity index (χ0) is 20.9. The Morgan fingerprint density at radius 1 is 0.966 bits per heavy atom. The highest BCUT2D eigenvalue weighted by atomic mass is 16.5. The van der Waals surface area contributed by atoms with E-state index in [-0.39, 0.29) is 11.3 Å². The molecular weight excluding hydrogens is 360 g/mol. The number of benzene rings is 2. The maximum Gasteiger partial charge on any atom is 0.263 e. The monoisotopic (exact) mass is 394 g/mol. The van der Waals surface area contributed by atoms with Gasteiger partial charge in [-0.25, -0.2) is 0 Å². The molecular formula is C25H34N2O2. The third-order valence-electron chi connectivity index (χ3n) is 5.53. The number of para-hydroxylation sites is 1. The molecule has 0 aliphatic carbocycles. The smallest absolute Gasteiger partial charge is 0.263 e. The number of ether oxygens (including phenoxy) is 1. The number of carbonyl (C=O) groups excluding carboxylic acids is 1. The van der Waals surface area contributed by atoms with E-state index in [4.69, 9.17) is 4.74 Å². The van der Waals surface area contributed by atoms with Gasteiger partial charge in [0, 0.05) is 32.7 Å². The van der Waals surface area contributed by atoms with E-state index >= 15 is 0 Å². The van der Waals surface area contributed by atoms with Gasteiger partial charge in [0.1, 0.15) is 5.75 Å². The molecule has 1 unspecified atom stereocenters. The van der Waals surface area contributed by atoms with Crippen LogP contribution in [0.5, 0.6) is 5.75 Å². The topological polar surface area (TPSA) is 32.8 Å². The van der Waals surface area contributed by atoms with Crippen molar-refractivity contribution >= 4 is 5.91 Å². The molecule has 1 heterocycles. The number of hydrogen-bond acceptors (Lipinski definition) is 3. The highest BCUT2D eigenvalue weighted by molar-refractivity contribution is 5.81. The first kappa shape index (κ1) is 21.4. The summed E-state index contributed by atoms with van der Waals surface area (Å²) in [5.74, 6) is 0.814. The third-order valence-corrected chi connectivity index (χ3v) is 5.53. The standard InChI is InChI=1S/C25H34N2O2/c1-20(29-23-9-6-5-7-10-23)24(28)27-16-8-15-26(17-18-27)19-21-11-13-22(14-12-21)25(2,3)4/h5-7,9-14,20H,8,15-19H2,1-4H3. The minimum atomic E-state index is -0.464. The fourth-order valence-corrected chi connectivity index (χ4v) is 3.73. The summed E-state index contributed by atoms with van der Waals surface area (Å²) in [6, 6.07) is 18.5. The molecule has 1 aliphatic rings. The number of rotatable bonds is 5. The molecule has 0 spiro atoms. The molecule has 0 radical (unpaired) electrons. The molecule has 156 valence electrons. The van der Waals surface area contributed by atoms with Gasteiger partial charge in [-0.2, -0.15) is 0 Å². The van der Waals surface area contributed by atoms with Crippen molar-refractivity contribution in [2.24, 2.45) is 0 Å². The predicted octanol–water partition coefficient (Wildman–Crippen LogP) is 4.49. The quantitative estimate of drug-likeness (QED) is 0.749. The van der Waals surface area contributed by atoms with Gasteiger partial charge < -0.3 is 9.64 Å². The lowest BCUT2D eigenvalue weighted by molar-refractivity contribution is -0.137. The molecule has 1 atom stereocenters. The molecule has 1 amide bonds. The Hall–Kier alpha value is -2.33. The van der Waals surface area contributed by atoms with Gasteiger partial charge in [0.25, 0.3) is 5.91 Å². The summed E-state index contributed by atoms with van der Waals surface area (Å²) >= 11 is 0. The molecule has 1 aliphatic heterocycles. The van der Waals surface area contributed by atoms with E-state index in [0.29, 0.717) is 0 Å². The average Bonchev–Trinajstić information content (AvgIpc) is 2.93. The molecule has 4 nitrogen and oxygen atoms in total. The molecule has 2 aromatic rings. The second-order valence-electron chi connectivity index (χ2n) is 8.98. The van der Waals surface area contributed by atoms with Gasteiger partial charge >= 0.3 is 0 Å². The lowest BCUT2D eigenvalue weighted by atomic mass is 9.87. The van der Waals surface area contributed by atoms with Crippen molar-refractivity contribution in [1.82, 2.24) is 9.80 Å². The molecule has 0 bridgehead atoms. The van der Waals surface area contributed by atoms with Gasteiger partial charge in [-0.3, -0.25) is 9.69 Å². The van der Waals surface area contributed by atoms with Crippen molar-refractivity contribution in [2.45, 2.75) is 52.2 Å². The summed E-state index contributed by atoms with van der Waals surface area (Å²) in [6.07, 6.45) is 0.526. The van der Waals surface area contributed by atoms with Crippen molar-refractivity contribution in [3.05, 3.63) is 65.7 Å². The largest absolute Gasteiger partial charge is 0.481 e. The lowest BCUT2D eigenvalue weighted by Crippen LogP contribution is -2.42. The Morgan fingerprint density at radius 2 is 1.66 bits per heavy atom. The van der Waals surface area contributed by atoms with Gasteiger partial charge in [0.15, 0.2) is 6.10 Å². The third kappa shape index (κ3) is 6.07. The molecule has 3 rings (SSSR count). The summed E-state index contributed by atoms with van der Waals surface area (Å²) in [7, 11) is 0. The Kier molecular flexibility index (Phi) is 6.96. The van der Waals surface area contributed by atoms with Crippen LogP contribution in [0.15, 0.2) is 54.6 Å². The molecule has 4 heteroatoms. The van der Waals surface area contributed by atoms with Gasteiger partial charge in [0.05, 0.1) is 0 Å².